The van der Waals surface area contributed by atoms with Crippen LogP contribution in [0.2, 0.25) is 0 Å². The lowest BCUT2D eigenvalue weighted by atomic mass is 10.2. The molecule has 92 valence electrons. The molecule has 1 fully saturated rings. The third-order valence-corrected chi connectivity index (χ3v) is 2.38. The number of nitrogens with zero attached hydrogens (tertiary/aromatic N) is 1. The fourth-order valence-electron chi connectivity index (χ4n) is 1.59. The first-order valence-electron chi connectivity index (χ1n) is 4.40. The number of carboxylic acids is 1. The highest BCUT2D eigenvalue weighted by Crippen LogP contribution is 2.26. The SMILES string of the molecule is CO[C@@H]1C[C@H](C(=O)O)N(C(=O)C(F)(F)F)C1. The summed E-state index contributed by atoms with van der Waals surface area (Å²) in [6, 6.07) is -1.47. The van der Waals surface area contributed by atoms with E-state index < -0.39 is 30.2 Å². The van der Waals surface area contributed by atoms with E-state index >= 15 is 0 Å². The zero-order valence-corrected chi connectivity index (χ0v) is 8.32. The molecule has 0 radical (unpaired) electrons. The molecule has 1 saturated heterocycles. The Morgan fingerprint density at radius 3 is 2.38 bits per heavy atom. The molecule has 0 aliphatic carbocycles. The molecule has 5 nitrogen and oxygen atoms in total. The minimum atomic E-state index is -5.06. The summed E-state index contributed by atoms with van der Waals surface area (Å²) in [7, 11) is 1.26. The molecule has 8 heteroatoms. The van der Waals surface area contributed by atoms with Gasteiger partial charge in [-0.2, -0.15) is 13.2 Å². The maximum absolute atomic E-state index is 12.1. The molecule has 0 aromatic carbocycles. The van der Waals surface area contributed by atoms with Crippen LogP contribution in [0.25, 0.3) is 0 Å². The third kappa shape index (κ3) is 2.43. The number of ether oxygens (including phenoxy) is 1. The number of aliphatic carboxylic acids is 1. The number of alkyl halides is 3. The van der Waals surface area contributed by atoms with Crippen molar-refractivity contribution in [2.24, 2.45) is 0 Å². The summed E-state index contributed by atoms with van der Waals surface area (Å²) in [6.45, 7) is -0.355. The van der Waals surface area contributed by atoms with Gasteiger partial charge in [0.1, 0.15) is 6.04 Å². The van der Waals surface area contributed by atoms with Crippen molar-refractivity contribution in [2.45, 2.75) is 24.7 Å². The Labute approximate surface area is 88.8 Å². The van der Waals surface area contributed by atoms with E-state index in [9.17, 15) is 22.8 Å². The van der Waals surface area contributed by atoms with Gasteiger partial charge in [0, 0.05) is 20.1 Å². The van der Waals surface area contributed by atoms with Gasteiger partial charge in [-0.25, -0.2) is 4.79 Å². The van der Waals surface area contributed by atoms with Gasteiger partial charge in [-0.05, 0) is 0 Å². The Morgan fingerprint density at radius 1 is 1.44 bits per heavy atom. The number of carboxylic acid groups (broad SMARTS) is 1. The van der Waals surface area contributed by atoms with Crippen LogP contribution in [-0.2, 0) is 14.3 Å². The van der Waals surface area contributed by atoms with E-state index in [1.165, 1.54) is 7.11 Å². The molecular weight excluding hydrogens is 231 g/mol. The molecule has 0 spiro atoms. The molecule has 0 bridgehead atoms. The van der Waals surface area contributed by atoms with E-state index in [-0.39, 0.29) is 17.9 Å². The lowest BCUT2D eigenvalue weighted by Gasteiger charge is -2.22. The molecule has 1 aliphatic rings. The van der Waals surface area contributed by atoms with E-state index in [0.717, 1.165) is 0 Å². The van der Waals surface area contributed by atoms with Gasteiger partial charge in [-0.3, -0.25) is 4.79 Å². The quantitative estimate of drug-likeness (QED) is 0.752. The fraction of sp³-hybridized carbons (Fsp3) is 0.750. The summed E-state index contributed by atoms with van der Waals surface area (Å²) in [5.74, 6) is -3.60. The summed E-state index contributed by atoms with van der Waals surface area (Å²) in [4.78, 5) is 21.9. The van der Waals surface area contributed by atoms with Gasteiger partial charge >= 0.3 is 18.1 Å². The average Bonchev–Trinajstić information content (AvgIpc) is 2.58. The molecule has 1 rings (SSSR count). The van der Waals surface area contributed by atoms with Gasteiger partial charge in [-0.1, -0.05) is 0 Å². The maximum Gasteiger partial charge on any atom is 0.471 e. The van der Waals surface area contributed by atoms with Crippen LogP contribution in [0.15, 0.2) is 0 Å². The molecule has 0 aromatic heterocycles. The van der Waals surface area contributed by atoms with Crippen molar-refractivity contribution < 1.29 is 32.6 Å². The Morgan fingerprint density at radius 2 is 2.00 bits per heavy atom. The predicted octanol–water partition coefficient (Wildman–Crippen LogP) is 0.249. The van der Waals surface area contributed by atoms with Gasteiger partial charge in [0.15, 0.2) is 0 Å². The lowest BCUT2D eigenvalue weighted by molar-refractivity contribution is -0.188. The Bertz CT molecular complexity index is 304. The van der Waals surface area contributed by atoms with Gasteiger partial charge in [0.05, 0.1) is 6.10 Å². The first-order valence-corrected chi connectivity index (χ1v) is 4.40. The fourth-order valence-corrected chi connectivity index (χ4v) is 1.59. The van der Waals surface area contributed by atoms with Crippen molar-refractivity contribution in [1.82, 2.24) is 4.90 Å². The van der Waals surface area contributed by atoms with E-state index in [4.69, 9.17) is 9.84 Å². The highest BCUT2D eigenvalue weighted by Gasteiger charge is 2.50. The summed E-state index contributed by atoms with van der Waals surface area (Å²) < 4.78 is 41.2. The van der Waals surface area contributed by atoms with Crippen LogP contribution in [0.5, 0.6) is 0 Å². The Balaban J connectivity index is 2.85. The maximum atomic E-state index is 12.1. The zero-order chi connectivity index (χ0) is 12.5. The van der Waals surface area contributed by atoms with Crippen molar-refractivity contribution in [3.05, 3.63) is 0 Å². The number of hydrogen-bond donors (Lipinski definition) is 1. The minimum absolute atomic E-state index is 0.131. The van der Waals surface area contributed by atoms with E-state index in [2.05, 4.69) is 0 Å². The number of carbonyl (C=O) groups excluding carboxylic acids is 1. The van der Waals surface area contributed by atoms with Crippen LogP contribution >= 0.6 is 0 Å². The van der Waals surface area contributed by atoms with Crippen LogP contribution in [-0.4, -0.2) is 53.9 Å². The van der Waals surface area contributed by atoms with Gasteiger partial charge in [0.2, 0.25) is 0 Å². The number of rotatable bonds is 2. The summed E-state index contributed by atoms with van der Waals surface area (Å²) >= 11 is 0. The van der Waals surface area contributed by atoms with E-state index in [0.29, 0.717) is 0 Å². The average molecular weight is 241 g/mol. The van der Waals surface area contributed by atoms with Crippen LogP contribution in [0.1, 0.15) is 6.42 Å². The first-order chi connectivity index (χ1) is 7.27. The molecule has 1 N–H and O–H groups in total. The van der Waals surface area contributed by atoms with E-state index in [1.807, 2.05) is 0 Å². The smallest absolute Gasteiger partial charge is 0.471 e. The normalized spacial score (nSPS) is 25.9. The molecule has 16 heavy (non-hydrogen) atoms. The number of methoxy groups -OCH3 is 1. The molecule has 0 saturated carbocycles. The van der Waals surface area contributed by atoms with Crippen LogP contribution < -0.4 is 0 Å². The zero-order valence-electron chi connectivity index (χ0n) is 8.32. The topological polar surface area (TPSA) is 66.8 Å². The van der Waals surface area contributed by atoms with E-state index in [1.54, 1.807) is 0 Å². The summed E-state index contributed by atoms with van der Waals surface area (Å²) in [5.41, 5.74) is 0. The second-order valence-corrected chi connectivity index (χ2v) is 3.40. The van der Waals surface area contributed by atoms with Crippen LogP contribution in [0.3, 0.4) is 0 Å². The summed E-state index contributed by atoms with van der Waals surface area (Å²) in [5, 5.41) is 8.69. The number of amides is 1. The first kappa shape index (κ1) is 12.8. The van der Waals surface area contributed by atoms with Gasteiger partial charge in [0.25, 0.3) is 0 Å². The van der Waals surface area contributed by atoms with Crippen molar-refractivity contribution in [2.75, 3.05) is 13.7 Å². The van der Waals surface area contributed by atoms with Crippen LogP contribution in [0, 0.1) is 0 Å². The number of hydrogen-bond acceptors (Lipinski definition) is 3. The molecule has 1 heterocycles. The molecule has 1 aliphatic heterocycles. The molecular formula is C8H10F3NO4. The molecule has 0 unspecified atom stereocenters. The minimum Gasteiger partial charge on any atom is -0.480 e. The molecule has 2 atom stereocenters. The number of likely N-dealkylation sites (tertiary alicyclic amines) is 1. The summed E-state index contributed by atoms with van der Waals surface area (Å²) in [6.07, 6.45) is -5.86. The highest BCUT2D eigenvalue weighted by molar-refractivity contribution is 5.87. The third-order valence-electron chi connectivity index (χ3n) is 2.38. The van der Waals surface area contributed by atoms with Gasteiger partial charge in [-0.15, -0.1) is 0 Å². The highest BCUT2D eigenvalue weighted by atomic mass is 19.4. The second kappa shape index (κ2) is 4.28. The second-order valence-electron chi connectivity index (χ2n) is 3.40. The largest absolute Gasteiger partial charge is 0.480 e. The van der Waals surface area contributed by atoms with Crippen molar-refractivity contribution in [3.63, 3.8) is 0 Å². The Kier molecular flexibility index (Phi) is 3.41. The standard InChI is InChI=1S/C8H10F3NO4/c1-16-4-2-5(6(13)14)12(3-4)7(15)8(9,10)11/h4-5H,2-3H2,1H3,(H,13,14)/t4-,5-/m1/s1. The number of halogens is 3. The number of carbonyl (C=O) groups is 2. The Hall–Kier alpha value is -1.31. The van der Waals surface area contributed by atoms with Crippen molar-refractivity contribution >= 4 is 11.9 Å². The lowest BCUT2D eigenvalue weighted by Crippen LogP contribution is -2.47. The van der Waals surface area contributed by atoms with Gasteiger partial charge < -0.3 is 14.7 Å². The predicted molar refractivity (Wildman–Crippen MR) is 44.6 cm³/mol. The van der Waals surface area contributed by atoms with Crippen molar-refractivity contribution in [1.29, 1.82) is 0 Å². The van der Waals surface area contributed by atoms with Crippen molar-refractivity contribution in [3.8, 4) is 0 Å². The monoisotopic (exact) mass is 241 g/mol. The molecule has 1 amide bonds. The van der Waals surface area contributed by atoms with Crippen LogP contribution in [0.4, 0.5) is 13.2 Å². The molecule has 0 aromatic rings.